The Bertz CT molecular complexity index is 1940. The van der Waals surface area contributed by atoms with Crippen molar-refractivity contribution in [3.8, 4) is 11.3 Å². The van der Waals surface area contributed by atoms with E-state index in [1.807, 2.05) is 50.6 Å². The first-order valence-corrected chi connectivity index (χ1v) is 22.9. The van der Waals surface area contributed by atoms with E-state index in [1.54, 1.807) is 46.4 Å². The molecule has 0 spiro atoms. The van der Waals surface area contributed by atoms with Gasteiger partial charge >= 0.3 is 12.1 Å². The number of aliphatic hydroxyl groups excluding tert-OH is 1. The van der Waals surface area contributed by atoms with Crippen molar-refractivity contribution in [1.29, 1.82) is 0 Å². The Morgan fingerprint density at radius 1 is 1.00 bits per heavy atom. The van der Waals surface area contributed by atoms with E-state index in [-0.39, 0.29) is 37.2 Å². The summed E-state index contributed by atoms with van der Waals surface area (Å²) in [5.41, 5.74) is -1.22. The normalized spacial score (nSPS) is 34.5. The standard InChI is InChI=1S/C43H64N4O12S/c1-11-33-43(23-55-60(10,53)54)37(47(41(52)59-43)18-13-12-17-46-22-32(45-24-46)31-15-14-16-44-21-31)28(5)34(48)26(3)20-42(8,9)38(29(6)36(50)30(7)39(51)57-33)58-40-35(49)25(2)19-27(4)56-40/h14-16,21-22,24-30,33,35,37-38,40,49H,11-13,17-20,23H2,1-10H3/t25-,26+,27+,28-,29-,30+,33+,35+,37+,38+,40-,43+/m0/s1. The van der Waals surface area contributed by atoms with E-state index in [2.05, 4.69) is 9.97 Å². The third-order valence-electron chi connectivity index (χ3n) is 12.6. The van der Waals surface area contributed by atoms with Gasteiger partial charge in [0.15, 0.2) is 17.7 Å². The highest BCUT2D eigenvalue weighted by molar-refractivity contribution is 7.86. The number of aliphatic hydroxyl groups is 1. The van der Waals surface area contributed by atoms with Crippen LogP contribution in [0.1, 0.15) is 94.4 Å². The Labute approximate surface area is 354 Å². The van der Waals surface area contributed by atoms with Gasteiger partial charge in [-0.1, -0.05) is 48.5 Å². The maximum atomic E-state index is 14.8. The Kier molecular flexibility index (Phi) is 15.0. The number of hydrogen-bond donors (Lipinski definition) is 1. The van der Waals surface area contributed by atoms with Crippen LogP contribution in [0.2, 0.25) is 0 Å². The highest BCUT2D eigenvalue weighted by atomic mass is 32.2. The highest BCUT2D eigenvalue weighted by Gasteiger charge is 2.63. The first-order chi connectivity index (χ1) is 28.1. The van der Waals surface area contributed by atoms with Crippen molar-refractivity contribution in [1.82, 2.24) is 19.4 Å². The summed E-state index contributed by atoms with van der Waals surface area (Å²) < 4.78 is 57.3. The van der Waals surface area contributed by atoms with Crippen LogP contribution in [-0.2, 0) is 54.2 Å². The third kappa shape index (κ3) is 10.5. The first-order valence-electron chi connectivity index (χ1n) is 21.1. The van der Waals surface area contributed by atoms with Crippen molar-refractivity contribution in [3.63, 3.8) is 0 Å². The molecule has 0 bridgehead atoms. The Morgan fingerprint density at radius 3 is 2.35 bits per heavy atom. The molecule has 16 nitrogen and oxygen atoms in total. The summed E-state index contributed by atoms with van der Waals surface area (Å²) in [6.45, 7) is 15.7. The number of esters is 1. The van der Waals surface area contributed by atoms with Gasteiger partial charge in [-0.3, -0.25) is 23.6 Å². The fraction of sp³-hybridized carbons (Fsp3) is 0.721. The number of carbonyl (C=O) groups is 4. The molecule has 0 aliphatic carbocycles. The molecule has 2 aromatic heterocycles. The van der Waals surface area contributed by atoms with E-state index in [9.17, 15) is 32.7 Å². The highest BCUT2D eigenvalue weighted by Crippen LogP contribution is 2.45. The fourth-order valence-corrected chi connectivity index (χ4v) is 9.94. The molecule has 60 heavy (non-hydrogen) atoms. The average molecular weight is 861 g/mol. The van der Waals surface area contributed by atoms with Crippen LogP contribution in [0.3, 0.4) is 0 Å². The van der Waals surface area contributed by atoms with Crippen molar-refractivity contribution in [2.45, 2.75) is 143 Å². The van der Waals surface area contributed by atoms with Gasteiger partial charge in [-0.25, -0.2) is 9.78 Å². The SMILES string of the molecule is CC[C@H]1OC(=O)[C@H](C)C(=O)[C@H](C)[C@@H](O[C@@H]2O[C@H](C)C[C@H](C)[C@H]2O)C(C)(C)C[C@@H](C)C(=O)[C@H](C)[C@H]2N(CCCCn3cnc(-c4cccnc4)c3)C(=O)O[C@]12COS(C)(=O)=O. The zero-order valence-corrected chi connectivity index (χ0v) is 37.4. The molecule has 334 valence electrons. The number of hydrogen-bond acceptors (Lipinski definition) is 14. The summed E-state index contributed by atoms with van der Waals surface area (Å²) in [6, 6.07) is 2.61. The van der Waals surface area contributed by atoms with Gasteiger partial charge in [0.1, 0.15) is 30.5 Å². The molecule has 3 fully saturated rings. The number of ether oxygens (including phenoxy) is 4. The van der Waals surface area contributed by atoms with Crippen LogP contribution < -0.4 is 0 Å². The van der Waals surface area contributed by atoms with Gasteiger partial charge in [0.05, 0.1) is 36.5 Å². The molecule has 1 N–H and O–H groups in total. The molecule has 1 amide bonds. The van der Waals surface area contributed by atoms with Gasteiger partial charge in [0.25, 0.3) is 10.1 Å². The Morgan fingerprint density at radius 2 is 1.70 bits per heavy atom. The molecule has 3 saturated heterocycles. The van der Waals surface area contributed by atoms with Gasteiger partial charge in [0, 0.05) is 55.0 Å². The van der Waals surface area contributed by atoms with Crippen LogP contribution >= 0.6 is 0 Å². The minimum absolute atomic E-state index is 0.0232. The zero-order chi connectivity index (χ0) is 44.3. The maximum Gasteiger partial charge on any atom is 0.411 e. The largest absolute Gasteiger partial charge is 0.457 e. The fourth-order valence-electron chi connectivity index (χ4n) is 9.54. The van der Waals surface area contributed by atoms with Crippen molar-refractivity contribution in [3.05, 3.63) is 37.1 Å². The van der Waals surface area contributed by atoms with Crippen LogP contribution in [0.15, 0.2) is 37.1 Å². The number of carbonyl (C=O) groups excluding carboxylic acids is 4. The maximum absolute atomic E-state index is 14.8. The van der Waals surface area contributed by atoms with Gasteiger partial charge in [-0.15, -0.1) is 0 Å². The van der Waals surface area contributed by atoms with Crippen LogP contribution in [0.5, 0.6) is 0 Å². The first kappa shape index (κ1) is 47.3. The number of aromatic nitrogens is 3. The second-order valence-electron chi connectivity index (χ2n) is 18.0. The average Bonchev–Trinajstić information content (AvgIpc) is 3.78. The number of rotatable bonds is 12. The lowest BCUT2D eigenvalue weighted by Crippen LogP contribution is -2.62. The molecule has 5 heterocycles. The lowest BCUT2D eigenvalue weighted by atomic mass is 9.69. The predicted molar refractivity (Wildman–Crippen MR) is 219 cm³/mol. The smallest absolute Gasteiger partial charge is 0.411 e. The number of pyridine rings is 1. The number of Topliss-reactive ketones (excluding diaryl/α,β-unsaturated/α-hetero) is 2. The molecule has 3 aliphatic heterocycles. The van der Waals surface area contributed by atoms with Gasteiger partial charge < -0.3 is 33.5 Å². The molecule has 5 rings (SSSR count). The monoisotopic (exact) mass is 860 g/mol. The Balaban J connectivity index is 1.50. The number of amides is 1. The second kappa shape index (κ2) is 19.1. The number of nitrogens with zero attached hydrogens (tertiary/aromatic N) is 4. The van der Waals surface area contributed by atoms with Crippen LogP contribution in [0.4, 0.5) is 4.79 Å². The molecule has 0 radical (unpaired) electrons. The summed E-state index contributed by atoms with van der Waals surface area (Å²) in [7, 11) is -4.14. The predicted octanol–water partition coefficient (Wildman–Crippen LogP) is 5.21. The van der Waals surface area contributed by atoms with E-state index in [0.29, 0.717) is 25.8 Å². The van der Waals surface area contributed by atoms with E-state index in [1.165, 1.54) is 11.8 Å². The molecule has 17 heteroatoms. The summed E-state index contributed by atoms with van der Waals surface area (Å²) in [5, 5.41) is 11.1. The number of ketones is 2. The molecule has 12 atom stereocenters. The van der Waals surface area contributed by atoms with Crippen LogP contribution in [-0.4, -0.2) is 118 Å². The van der Waals surface area contributed by atoms with Crippen molar-refractivity contribution < 1.29 is 55.8 Å². The topological polar surface area (TPSA) is 203 Å². The van der Waals surface area contributed by atoms with E-state index in [4.69, 9.17) is 23.1 Å². The van der Waals surface area contributed by atoms with E-state index in [0.717, 1.165) is 17.5 Å². The Hall–Kier alpha value is -3.77. The minimum Gasteiger partial charge on any atom is -0.457 e. The zero-order valence-electron chi connectivity index (χ0n) is 36.6. The van der Waals surface area contributed by atoms with Crippen molar-refractivity contribution >= 4 is 33.7 Å². The molecular weight excluding hydrogens is 797 g/mol. The lowest BCUT2D eigenvalue weighted by molar-refractivity contribution is -0.284. The van der Waals surface area contributed by atoms with Gasteiger partial charge in [-0.2, -0.15) is 8.42 Å². The van der Waals surface area contributed by atoms with Crippen LogP contribution in [0, 0.1) is 35.0 Å². The summed E-state index contributed by atoms with van der Waals surface area (Å²) in [4.78, 5) is 67.4. The van der Waals surface area contributed by atoms with Gasteiger partial charge in [0.2, 0.25) is 0 Å². The third-order valence-corrected chi connectivity index (χ3v) is 13.1. The molecule has 3 aliphatic rings. The number of fused-ring (bicyclic) bond motifs is 1. The number of unbranched alkanes of at least 4 members (excludes halogenated alkanes) is 1. The number of imidazole rings is 1. The second-order valence-corrected chi connectivity index (χ2v) is 19.6. The lowest BCUT2D eigenvalue weighted by Gasteiger charge is -2.46. The molecular formula is C43H64N4O12S. The van der Waals surface area contributed by atoms with Crippen molar-refractivity contribution in [2.75, 3.05) is 19.4 Å². The number of aryl methyl sites for hydroxylation is 1. The summed E-state index contributed by atoms with van der Waals surface area (Å²) in [6.07, 6.45) is 4.53. The quantitative estimate of drug-likeness (QED) is 0.126. The molecule has 0 saturated carbocycles. The minimum atomic E-state index is -4.14. The summed E-state index contributed by atoms with van der Waals surface area (Å²) >= 11 is 0. The van der Waals surface area contributed by atoms with E-state index < -0.39 is 99.9 Å². The molecule has 0 unspecified atom stereocenters. The number of cyclic esters (lactones) is 1. The van der Waals surface area contributed by atoms with E-state index >= 15 is 0 Å². The molecule has 2 aromatic rings. The summed E-state index contributed by atoms with van der Waals surface area (Å²) in [5.74, 6) is -5.73. The molecule has 0 aromatic carbocycles. The van der Waals surface area contributed by atoms with Crippen molar-refractivity contribution in [2.24, 2.45) is 35.0 Å². The van der Waals surface area contributed by atoms with Gasteiger partial charge in [-0.05, 0) is 69.4 Å². The van der Waals surface area contributed by atoms with Crippen LogP contribution in [0.25, 0.3) is 11.3 Å².